The van der Waals surface area contributed by atoms with Gasteiger partial charge in [-0.2, -0.15) is 0 Å². The molecule has 3 saturated heterocycles. The highest BCUT2D eigenvalue weighted by Crippen LogP contribution is 2.30. The smallest absolute Gasteiger partial charge is 0.241 e. The largest absolute Gasteiger partial charge is 0.347 e. The van der Waals surface area contributed by atoms with Gasteiger partial charge in [0.25, 0.3) is 0 Å². The van der Waals surface area contributed by atoms with Gasteiger partial charge in [-0.3, -0.25) is 14.5 Å². The van der Waals surface area contributed by atoms with Crippen LogP contribution in [0.3, 0.4) is 0 Å². The fraction of sp³-hybridized carbons (Fsp3) is 0.636. The lowest BCUT2D eigenvalue weighted by atomic mass is 9.94. The second-order valence-corrected chi connectivity index (χ2v) is 8.79. The number of carbonyl (C=O) groups excluding carboxylic acids is 2. The average molecular weight is 372 g/mol. The summed E-state index contributed by atoms with van der Waals surface area (Å²) < 4.78 is 0. The van der Waals surface area contributed by atoms with Crippen molar-refractivity contribution in [1.29, 1.82) is 0 Å². The SMILES string of the molecule is CC(C)Cc1ccc(CN2C[C@H]3CC[C@@H](C2)N(CC(=O)N(C)C)C3=O)cc1. The summed E-state index contributed by atoms with van der Waals surface area (Å²) in [6.45, 7) is 7.23. The lowest BCUT2D eigenvalue weighted by Crippen LogP contribution is -2.51. The molecular formula is C22H33N3O2. The van der Waals surface area contributed by atoms with Crippen molar-refractivity contribution in [2.24, 2.45) is 11.8 Å². The van der Waals surface area contributed by atoms with Gasteiger partial charge in [0.1, 0.15) is 6.54 Å². The van der Waals surface area contributed by atoms with Crippen molar-refractivity contribution < 1.29 is 9.59 Å². The normalized spacial score (nSPS) is 23.0. The van der Waals surface area contributed by atoms with Crippen LogP contribution in [-0.4, -0.2) is 66.3 Å². The number of hydrogen-bond acceptors (Lipinski definition) is 3. The number of benzene rings is 1. The topological polar surface area (TPSA) is 43.9 Å². The van der Waals surface area contributed by atoms with Gasteiger partial charge in [-0.15, -0.1) is 0 Å². The van der Waals surface area contributed by atoms with Crippen molar-refractivity contribution in [3.05, 3.63) is 35.4 Å². The number of amides is 2. The first kappa shape index (κ1) is 19.9. The van der Waals surface area contributed by atoms with E-state index in [1.807, 2.05) is 4.90 Å². The lowest BCUT2D eigenvalue weighted by Gasteiger charge is -2.36. The zero-order valence-corrected chi connectivity index (χ0v) is 17.1. The minimum Gasteiger partial charge on any atom is -0.347 e. The van der Waals surface area contributed by atoms with E-state index in [9.17, 15) is 9.59 Å². The Morgan fingerprint density at radius 3 is 2.41 bits per heavy atom. The number of rotatable bonds is 6. The Balaban J connectivity index is 1.65. The number of nitrogens with zero attached hydrogens (tertiary/aromatic N) is 3. The fourth-order valence-corrected chi connectivity index (χ4v) is 4.26. The summed E-state index contributed by atoms with van der Waals surface area (Å²) in [5.41, 5.74) is 2.68. The predicted octanol–water partition coefficient (Wildman–Crippen LogP) is 2.40. The van der Waals surface area contributed by atoms with Gasteiger partial charge in [-0.1, -0.05) is 38.1 Å². The number of carbonyl (C=O) groups is 2. The molecule has 0 aliphatic carbocycles. The van der Waals surface area contributed by atoms with Crippen LogP contribution in [0, 0.1) is 11.8 Å². The Kier molecular flexibility index (Phi) is 6.20. The third-order valence-corrected chi connectivity index (χ3v) is 5.75. The van der Waals surface area contributed by atoms with Crippen LogP contribution in [0.1, 0.15) is 37.8 Å². The van der Waals surface area contributed by atoms with Gasteiger partial charge in [0.05, 0.1) is 5.92 Å². The molecule has 3 fully saturated rings. The molecule has 2 atom stereocenters. The van der Waals surface area contributed by atoms with Crippen LogP contribution in [0.4, 0.5) is 0 Å². The second kappa shape index (κ2) is 8.42. The van der Waals surface area contributed by atoms with Crippen LogP contribution < -0.4 is 0 Å². The van der Waals surface area contributed by atoms with Crippen molar-refractivity contribution >= 4 is 11.8 Å². The molecule has 5 nitrogen and oxygen atoms in total. The van der Waals surface area contributed by atoms with E-state index in [1.165, 1.54) is 11.1 Å². The molecule has 0 radical (unpaired) electrons. The Morgan fingerprint density at radius 2 is 1.78 bits per heavy atom. The summed E-state index contributed by atoms with van der Waals surface area (Å²) in [6, 6.07) is 9.06. The lowest BCUT2D eigenvalue weighted by molar-refractivity contribution is -0.145. The number of likely N-dealkylation sites (N-methyl/N-ethyl adjacent to an activating group) is 1. The van der Waals surface area contributed by atoms with Gasteiger partial charge in [-0.25, -0.2) is 0 Å². The molecule has 4 rings (SSSR count). The number of hydrogen-bond donors (Lipinski definition) is 0. The maximum atomic E-state index is 12.8. The number of fused-ring (bicyclic) bond motifs is 4. The molecule has 1 aromatic carbocycles. The molecular weight excluding hydrogens is 338 g/mol. The van der Waals surface area contributed by atoms with Crippen LogP contribution in [0.2, 0.25) is 0 Å². The van der Waals surface area contributed by atoms with Crippen LogP contribution >= 0.6 is 0 Å². The molecule has 148 valence electrons. The van der Waals surface area contributed by atoms with E-state index in [0.29, 0.717) is 5.92 Å². The molecule has 3 aliphatic heterocycles. The molecule has 0 N–H and O–H groups in total. The van der Waals surface area contributed by atoms with E-state index in [1.54, 1.807) is 19.0 Å². The minimum atomic E-state index is 0.00295. The van der Waals surface area contributed by atoms with Gasteiger partial charge in [-0.05, 0) is 36.3 Å². The summed E-state index contributed by atoms with van der Waals surface area (Å²) in [5.74, 6) is 0.859. The van der Waals surface area contributed by atoms with Gasteiger partial charge in [0, 0.05) is 39.8 Å². The van der Waals surface area contributed by atoms with E-state index in [2.05, 4.69) is 43.0 Å². The van der Waals surface area contributed by atoms with Gasteiger partial charge < -0.3 is 9.80 Å². The number of piperidine rings is 1. The molecule has 0 unspecified atom stereocenters. The first-order chi connectivity index (χ1) is 12.8. The monoisotopic (exact) mass is 371 g/mol. The minimum absolute atomic E-state index is 0.00295. The average Bonchev–Trinajstić information content (AvgIpc) is 2.88. The zero-order valence-electron chi connectivity index (χ0n) is 17.1. The summed E-state index contributed by atoms with van der Waals surface area (Å²) >= 11 is 0. The van der Waals surface area contributed by atoms with Crippen LogP contribution in [0.5, 0.6) is 0 Å². The quantitative estimate of drug-likeness (QED) is 0.771. The maximum absolute atomic E-state index is 12.8. The molecule has 2 amide bonds. The van der Waals surface area contributed by atoms with Gasteiger partial charge >= 0.3 is 0 Å². The second-order valence-electron chi connectivity index (χ2n) is 8.79. The van der Waals surface area contributed by atoms with Gasteiger partial charge in [0.2, 0.25) is 11.8 Å². The molecule has 5 heteroatoms. The Morgan fingerprint density at radius 1 is 1.11 bits per heavy atom. The van der Waals surface area contributed by atoms with E-state index in [-0.39, 0.29) is 30.3 Å². The standard InChI is InChI=1S/C22H33N3O2/c1-16(2)11-17-5-7-18(8-6-17)12-24-13-19-9-10-20(14-24)25(22(19)27)15-21(26)23(3)4/h5-8,16,19-20H,9-15H2,1-4H3/t19-,20+/m1/s1. The Hall–Kier alpha value is -1.88. The highest BCUT2D eigenvalue weighted by Gasteiger charge is 2.41. The van der Waals surface area contributed by atoms with Crippen molar-refractivity contribution in [3.63, 3.8) is 0 Å². The van der Waals surface area contributed by atoms with Crippen molar-refractivity contribution in [2.75, 3.05) is 33.7 Å². The van der Waals surface area contributed by atoms with E-state index < -0.39 is 0 Å². The van der Waals surface area contributed by atoms with Crippen LogP contribution in [0.25, 0.3) is 0 Å². The Bertz CT molecular complexity index is 669. The summed E-state index contributed by atoms with van der Waals surface area (Å²) in [5, 5.41) is 0. The molecule has 3 aliphatic rings. The fourth-order valence-electron chi connectivity index (χ4n) is 4.26. The third-order valence-electron chi connectivity index (χ3n) is 5.75. The summed E-state index contributed by atoms with van der Waals surface area (Å²) in [7, 11) is 3.50. The predicted molar refractivity (Wildman–Crippen MR) is 107 cm³/mol. The molecule has 1 aromatic rings. The van der Waals surface area contributed by atoms with Crippen molar-refractivity contribution in [3.8, 4) is 0 Å². The molecule has 2 bridgehead atoms. The van der Waals surface area contributed by atoms with E-state index in [0.717, 1.165) is 38.9 Å². The first-order valence-corrected chi connectivity index (χ1v) is 10.1. The molecule has 3 heterocycles. The highest BCUT2D eigenvalue weighted by atomic mass is 16.2. The third kappa shape index (κ3) is 4.89. The van der Waals surface area contributed by atoms with Crippen molar-refractivity contribution in [2.45, 2.75) is 45.7 Å². The Labute approximate surface area is 163 Å². The highest BCUT2D eigenvalue weighted by molar-refractivity contribution is 5.86. The van der Waals surface area contributed by atoms with Crippen molar-refractivity contribution in [1.82, 2.24) is 14.7 Å². The molecule has 27 heavy (non-hydrogen) atoms. The summed E-state index contributed by atoms with van der Waals surface area (Å²) in [4.78, 5) is 30.8. The zero-order chi connectivity index (χ0) is 19.6. The summed E-state index contributed by atoms with van der Waals surface area (Å²) in [6.07, 6.45) is 3.05. The molecule has 0 aromatic heterocycles. The van der Waals surface area contributed by atoms with E-state index in [4.69, 9.17) is 0 Å². The van der Waals surface area contributed by atoms with E-state index >= 15 is 0 Å². The maximum Gasteiger partial charge on any atom is 0.241 e. The van der Waals surface area contributed by atoms with Crippen LogP contribution in [0.15, 0.2) is 24.3 Å². The molecule has 0 spiro atoms. The van der Waals surface area contributed by atoms with Gasteiger partial charge in [0.15, 0.2) is 0 Å². The first-order valence-electron chi connectivity index (χ1n) is 10.1. The van der Waals surface area contributed by atoms with Crippen LogP contribution in [-0.2, 0) is 22.6 Å². The molecule has 0 saturated carbocycles.